The van der Waals surface area contributed by atoms with E-state index < -0.39 is 0 Å². The number of hydrogen-bond acceptors (Lipinski definition) is 2. The van der Waals surface area contributed by atoms with Crippen LogP contribution in [0.2, 0.25) is 5.02 Å². The van der Waals surface area contributed by atoms with E-state index in [1.807, 2.05) is 18.2 Å². The van der Waals surface area contributed by atoms with Crippen LogP contribution in [0.3, 0.4) is 0 Å². The molecule has 0 aliphatic carbocycles. The minimum atomic E-state index is -0.0600. The predicted molar refractivity (Wildman–Crippen MR) is 88.3 cm³/mol. The Labute approximate surface area is 138 Å². The molecule has 0 spiro atoms. The van der Waals surface area contributed by atoms with Crippen molar-refractivity contribution in [1.29, 1.82) is 0 Å². The summed E-state index contributed by atoms with van der Waals surface area (Å²) in [5, 5.41) is 0.429. The average molecular weight is 451 g/mol. The first-order valence-corrected chi connectivity index (χ1v) is 7.61. The first-order valence-electron chi connectivity index (χ1n) is 5.36. The first-order chi connectivity index (χ1) is 9.02. The number of methoxy groups -OCH3 is 1. The lowest BCUT2D eigenvalue weighted by Crippen LogP contribution is -2.04. The van der Waals surface area contributed by atoms with Gasteiger partial charge in [-0.2, -0.15) is 0 Å². The highest BCUT2D eigenvalue weighted by Crippen LogP contribution is 2.27. The smallest absolute Gasteiger partial charge is 0.194 e. The number of ether oxygens (including phenoxy) is 1. The van der Waals surface area contributed by atoms with E-state index in [2.05, 4.69) is 38.5 Å². The molecule has 0 amide bonds. The van der Waals surface area contributed by atoms with Gasteiger partial charge in [0.05, 0.1) is 12.1 Å². The molecular formula is C14H9BrClIO2. The lowest BCUT2D eigenvalue weighted by molar-refractivity contribution is 0.103. The van der Waals surface area contributed by atoms with E-state index in [4.69, 9.17) is 16.3 Å². The second-order valence-electron chi connectivity index (χ2n) is 3.80. The summed E-state index contributed by atoms with van der Waals surface area (Å²) in [5.41, 5.74) is 1.19. The van der Waals surface area contributed by atoms with Gasteiger partial charge in [0.2, 0.25) is 0 Å². The summed E-state index contributed by atoms with van der Waals surface area (Å²) in [6, 6.07) is 10.6. The fraction of sp³-hybridized carbons (Fsp3) is 0.0714. The summed E-state index contributed by atoms with van der Waals surface area (Å²) < 4.78 is 6.85. The van der Waals surface area contributed by atoms with E-state index in [1.54, 1.807) is 25.3 Å². The van der Waals surface area contributed by atoms with E-state index in [0.717, 1.165) is 8.04 Å². The van der Waals surface area contributed by atoms with Gasteiger partial charge in [-0.25, -0.2) is 0 Å². The average Bonchev–Trinajstić information content (AvgIpc) is 2.40. The predicted octanol–water partition coefficient (Wildman–Crippen LogP) is 4.95. The molecule has 2 rings (SSSR count). The van der Waals surface area contributed by atoms with Crippen LogP contribution in [-0.2, 0) is 0 Å². The van der Waals surface area contributed by atoms with Gasteiger partial charge in [0.15, 0.2) is 5.78 Å². The van der Waals surface area contributed by atoms with Crippen LogP contribution in [-0.4, -0.2) is 12.9 Å². The number of rotatable bonds is 3. The van der Waals surface area contributed by atoms with Crippen molar-refractivity contribution in [3.05, 3.63) is 60.6 Å². The minimum absolute atomic E-state index is 0.0600. The quantitative estimate of drug-likeness (QED) is 0.488. The molecular weight excluding hydrogens is 442 g/mol. The molecule has 19 heavy (non-hydrogen) atoms. The highest BCUT2D eigenvalue weighted by atomic mass is 127. The number of carbonyl (C=O) groups is 1. The van der Waals surface area contributed by atoms with Crippen molar-refractivity contribution in [2.45, 2.75) is 0 Å². The monoisotopic (exact) mass is 450 g/mol. The van der Waals surface area contributed by atoms with Gasteiger partial charge in [0, 0.05) is 19.2 Å². The molecule has 2 aromatic carbocycles. The van der Waals surface area contributed by atoms with Gasteiger partial charge in [0.25, 0.3) is 0 Å². The van der Waals surface area contributed by atoms with Gasteiger partial charge < -0.3 is 4.74 Å². The van der Waals surface area contributed by atoms with Gasteiger partial charge >= 0.3 is 0 Å². The van der Waals surface area contributed by atoms with Crippen LogP contribution >= 0.6 is 50.1 Å². The number of ketones is 1. The topological polar surface area (TPSA) is 26.3 Å². The first kappa shape index (κ1) is 14.8. The Hall–Kier alpha value is -0.590. The Balaban J connectivity index is 2.44. The molecule has 2 aromatic rings. The summed E-state index contributed by atoms with van der Waals surface area (Å²) in [5.74, 6) is 0.498. The minimum Gasteiger partial charge on any atom is -0.495 e. The molecule has 0 aliphatic rings. The summed E-state index contributed by atoms with van der Waals surface area (Å²) >= 11 is 11.6. The molecule has 0 fully saturated rings. The Morgan fingerprint density at radius 2 is 2.00 bits per heavy atom. The Morgan fingerprint density at radius 1 is 1.26 bits per heavy atom. The van der Waals surface area contributed by atoms with Gasteiger partial charge in [-0.15, -0.1) is 0 Å². The lowest BCUT2D eigenvalue weighted by atomic mass is 10.0. The maximum Gasteiger partial charge on any atom is 0.194 e. The number of hydrogen-bond donors (Lipinski definition) is 0. The van der Waals surface area contributed by atoms with Crippen LogP contribution in [0.4, 0.5) is 0 Å². The number of benzene rings is 2. The largest absolute Gasteiger partial charge is 0.495 e. The molecule has 98 valence electrons. The molecule has 0 radical (unpaired) electrons. The van der Waals surface area contributed by atoms with Gasteiger partial charge in [-0.05, 0) is 59.0 Å². The molecule has 0 heterocycles. The SMILES string of the molecule is COc1ccc(C(=O)c2cc(Br)ccc2I)cc1Cl. The summed E-state index contributed by atoms with van der Waals surface area (Å²) in [7, 11) is 1.54. The zero-order valence-electron chi connectivity index (χ0n) is 9.91. The third-order valence-corrected chi connectivity index (χ3v) is 4.32. The van der Waals surface area contributed by atoms with Crippen molar-refractivity contribution < 1.29 is 9.53 Å². The van der Waals surface area contributed by atoms with E-state index >= 15 is 0 Å². The highest BCUT2D eigenvalue weighted by molar-refractivity contribution is 14.1. The standard InChI is InChI=1S/C14H9BrClIO2/c1-19-13-5-2-8(6-11(13)16)14(18)10-7-9(15)3-4-12(10)17/h2-7H,1H3. The summed E-state index contributed by atoms with van der Waals surface area (Å²) in [6.45, 7) is 0. The molecule has 0 atom stereocenters. The molecule has 0 aliphatic heterocycles. The van der Waals surface area contributed by atoms with E-state index in [9.17, 15) is 4.79 Å². The molecule has 0 unspecified atom stereocenters. The van der Waals surface area contributed by atoms with E-state index in [1.165, 1.54) is 0 Å². The van der Waals surface area contributed by atoms with E-state index in [-0.39, 0.29) is 5.78 Å². The van der Waals surface area contributed by atoms with Gasteiger partial charge in [-0.1, -0.05) is 27.5 Å². The zero-order chi connectivity index (χ0) is 14.0. The maximum absolute atomic E-state index is 12.4. The van der Waals surface area contributed by atoms with Crippen LogP contribution in [0.25, 0.3) is 0 Å². The molecule has 0 bridgehead atoms. The summed E-state index contributed by atoms with van der Waals surface area (Å²) in [6.07, 6.45) is 0. The second-order valence-corrected chi connectivity index (χ2v) is 6.29. The van der Waals surface area contributed by atoms with E-state index in [0.29, 0.717) is 21.9 Å². The molecule has 0 saturated heterocycles. The Bertz CT molecular complexity index is 643. The van der Waals surface area contributed by atoms with Crippen molar-refractivity contribution in [3.63, 3.8) is 0 Å². The van der Waals surface area contributed by atoms with Crippen molar-refractivity contribution in [3.8, 4) is 5.75 Å². The van der Waals surface area contributed by atoms with Crippen molar-refractivity contribution in [2.24, 2.45) is 0 Å². The second kappa shape index (κ2) is 6.24. The van der Waals surface area contributed by atoms with Crippen molar-refractivity contribution in [2.75, 3.05) is 7.11 Å². The highest BCUT2D eigenvalue weighted by Gasteiger charge is 2.14. The van der Waals surface area contributed by atoms with Gasteiger partial charge in [-0.3, -0.25) is 4.79 Å². The fourth-order valence-electron chi connectivity index (χ4n) is 1.63. The Kier molecular flexibility index (Phi) is 4.86. The molecule has 5 heteroatoms. The summed E-state index contributed by atoms with van der Waals surface area (Å²) in [4.78, 5) is 12.4. The lowest BCUT2D eigenvalue weighted by Gasteiger charge is -2.07. The third kappa shape index (κ3) is 3.30. The fourth-order valence-corrected chi connectivity index (χ4v) is 2.83. The molecule has 0 aromatic heterocycles. The van der Waals surface area contributed by atoms with Crippen molar-refractivity contribution in [1.82, 2.24) is 0 Å². The zero-order valence-corrected chi connectivity index (χ0v) is 14.4. The molecule has 2 nitrogen and oxygen atoms in total. The third-order valence-electron chi connectivity index (χ3n) is 2.59. The molecule has 0 saturated carbocycles. The normalized spacial score (nSPS) is 10.3. The Morgan fingerprint density at radius 3 is 2.63 bits per heavy atom. The maximum atomic E-state index is 12.4. The van der Waals surface area contributed by atoms with Crippen LogP contribution in [0.1, 0.15) is 15.9 Å². The number of carbonyl (C=O) groups excluding carboxylic acids is 1. The van der Waals surface area contributed by atoms with Crippen LogP contribution in [0.5, 0.6) is 5.75 Å². The molecule has 0 N–H and O–H groups in total. The van der Waals surface area contributed by atoms with Gasteiger partial charge in [0.1, 0.15) is 5.75 Å². The van der Waals surface area contributed by atoms with Crippen molar-refractivity contribution >= 4 is 55.9 Å². The van der Waals surface area contributed by atoms with Crippen LogP contribution in [0.15, 0.2) is 40.9 Å². The van der Waals surface area contributed by atoms with Crippen LogP contribution < -0.4 is 4.74 Å². The van der Waals surface area contributed by atoms with Crippen LogP contribution in [0, 0.1) is 3.57 Å². The number of halogens is 3.